The van der Waals surface area contributed by atoms with Gasteiger partial charge in [-0.25, -0.2) is 4.39 Å². The number of nitrogens with zero attached hydrogens (tertiary/aromatic N) is 2. The topological polar surface area (TPSA) is 71.1 Å². The number of aldehydes is 2. The normalized spacial score (nSPS) is 16.4. The second-order valence-electron chi connectivity index (χ2n) is 9.82. The summed E-state index contributed by atoms with van der Waals surface area (Å²) in [5.41, 5.74) is 2.21. The molecule has 1 spiro atoms. The summed E-state index contributed by atoms with van der Waals surface area (Å²) < 4.78 is 24.4. The van der Waals surface area contributed by atoms with Crippen molar-refractivity contribution < 1.29 is 23.5 Å². The molecule has 0 unspecified atom stereocenters. The number of carbonyl (C=O) groups excluding carboxylic acids is 2. The second-order valence-corrected chi connectivity index (χ2v) is 10.2. The van der Waals surface area contributed by atoms with Crippen molar-refractivity contribution in [3.63, 3.8) is 0 Å². The first-order chi connectivity index (χ1) is 17.7. The predicted molar refractivity (Wildman–Crippen MR) is 145 cm³/mol. The lowest BCUT2D eigenvalue weighted by Crippen LogP contribution is -2.65. The van der Waals surface area contributed by atoms with Gasteiger partial charge in [0.25, 0.3) is 0 Å². The number of anilines is 1. The summed E-state index contributed by atoms with van der Waals surface area (Å²) in [7, 11) is 7.07. The highest BCUT2D eigenvalue weighted by Gasteiger charge is 2.53. The first-order valence-electron chi connectivity index (χ1n) is 12.1. The molecule has 0 atom stereocenters. The van der Waals surface area contributed by atoms with Crippen LogP contribution < -0.4 is 10.1 Å². The van der Waals surface area contributed by atoms with Gasteiger partial charge < -0.3 is 24.6 Å². The van der Waals surface area contributed by atoms with Crippen molar-refractivity contribution >= 4 is 35.9 Å². The molecular formula is C28H35ClFN3O4. The number of ether oxygens (including phenoxy) is 2. The van der Waals surface area contributed by atoms with Crippen LogP contribution in [0, 0.1) is 11.2 Å². The summed E-state index contributed by atoms with van der Waals surface area (Å²) in [6.45, 7) is 3.38. The van der Waals surface area contributed by atoms with Gasteiger partial charge in [0, 0.05) is 76.6 Å². The largest absolute Gasteiger partial charge is 0.490 e. The number of carbonyl (C=O) groups is 2. The highest BCUT2D eigenvalue weighted by molar-refractivity contribution is 6.33. The van der Waals surface area contributed by atoms with Gasteiger partial charge in [-0.2, -0.15) is 0 Å². The number of hydrogen-bond acceptors (Lipinski definition) is 7. The highest BCUT2D eigenvalue weighted by Crippen LogP contribution is 2.50. The SMILES string of the molecule is CN(C)/C=C\c1c(OC2CC3(C2)CN(CCNc2cc(C=O)ccc2F)C3)ccc(Cl)c1C=O.COC. The summed E-state index contributed by atoms with van der Waals surface area (Å²) in [6, 6.07) is 7.83. The molecule has 0 amide bonds. The Morgan fingerprint density at radius 2 is 1.84 bits per heavy atom. The molecule has 1 aliphatic carbocycles. The van der Waals surface area contributed by atoms with Crippen LogP contribution in [0.25, 0.3) is 6.08 Å². The van der Waals surface area contributed by atoms with Crippen molar-refractivity contribution in [1.82, 2.24) is 9.80 Å². The average molecular weight is 532 g/mol. The third kappa shape index (κ3) is 7.31. The molecular weight excluding hydrogens is 497 g/mol. The van der Waals surface area contributed by atoms with Crippen LogP contribution in [0.5, 0.6) is 5.75 Å². The summed E-state index contributed by atoms with van der Waals surface area (Å²) in [6.07, 6.45) is 7.23. The van der Waals surface area contributed by atoms with Crippen molar-refractivity contribution in [3.05, 3.63) is 64.1 Å². The fraction of sp³-hybridized carbons (Fsp3) is 0.429. The van der Waals surface area contributed by atoms with Gasteiger partial charge in [-0.3, -0.25) is 9.59 Å². The van der Waals surface area contributed by atoms with E-state index in [1.807, 2.05) is 37.3 Å². The van der Waals surface area contributed by atoms with E-state index in [4.69, 9.17) is 16.3 Å². The highest BCUT2D eigenvalue weighted by atomic mass is 35.5. The molecule has 2 aliphatic rings. The van der Waals surface area contributed by atoms with Gasteiger partial charge in [0.15, 0.2) is 6.29 Å². The summed E-state index contributed by atoms with van der Waals surface area (Å²) in [5.74, 6) is 0.314. The van der Waals surface area contributed by atoms with E-state index in [2.05, 4.69) is 15.0 Å². The fourth-order valence-electron chi connectivity index (χ4n) is 4.80. The molecule has 1 saturated heterocycles. The van der Waals surface area contributed by atoms with Crippen molar-refractivity contribution in [1.29, 1.82) is 0 Å². The van der Waals surface area contributed by atoms with Gasteiger partial charge in [-0.1, -0.05) is 11.6 Å². The maximum Gasteiger partial charge on any atom is 0.152 e. The zero-order valence-corrected chi connectivity index (χ0v) is 22.6. The van der Waals surface area contributed by atoms with Crippen LogP contribution in [0.3, 0.4) is 0 Å². The van der Waals surface area contributed by atoms with Gasteiger partial charge >= 0.3 is 0 Å². The van der Waals surface area contributed by atoms with Crippen LogP contribution in [-0.4, -0.2) is 83.0 Å². The molecule has 2 aromatic carbocycles. The number of benzene rings is 2. The predicted octanol–water partition coefficient (Wildman–Crippen LogP) is 4.85. The molecule has 1 N–H and O–H groups in total. The van der Waals surface area contributed by atoms with Crippen LogP contribution in [0.1, 0.15) is 39.1 Å². The smallest absolute Gasteiger partial charge is 0.152 e. The number of rotatable bonds is 10. The van der Waals surface area contributed by atoms with Gasteiger partial charge in [0.05, 0.1) is 16.8 Å². The Kier molecular flexibility index (Phi) is 10.1. The van der Waals surface area contributed by atoms with Gasteiger partial charge in [-0.05, 0) is 55.4 Å². The summed E-state index contributed by atoms with van der Waals surface area (Å²) in [5, 5.41) is 3.49. The monoisotopic (exact) mass is 531 g/mol. The van der Waals surface area contributed by atoms with E-state index in [1.54, 1.807) is 20.3 Å². The van der Waals surface area contributed by atoms with Crippen LogP contribution in [0.15, 0.2) is 36.5 Å². The maximum absolute atomic E-state index is 13.9. The van der Waals surface area contributed by atoms with Gasteiger partial charge in [0.2, 0.25) is 0 Å². The zero-order valence-electron chi connectivity index (χ0n) is 21.8. The van der Waals surface area contributed by atoms with E-state index < -0.39 is 0 Å². The molecule has 2 fully saturated rings. The molecule has 0 radical (unpaired) electrons. The zero-order chi connectivity index (χ0) is 27.0. The Balaban J connectivity index is 0.00000121. The average Bonchev–Trinajstić information content (AvgIpc) is 2.82. The van der Waals surface area contributed by atoms with Crippen LogP contribution in [-0.2, 0) is 4.74 Å². The Morgan fingerprint density at radius 3 is 2.46 bits per heavy atom. The Hall–Kier alpha value is -2.94. The van der Waals surface area contributed by atoms with Crippen LogP contribution in [0.2, 0.25) is 5.02 Å². The fourth-order valence-corrected chi connectivity index (χ4v) is 5.01. The molecule has 1 saturated carbocycles. The first-order valence-corrected chi connectivity index (χ1v) is 12.5. The molecule has 4 rings (SSSR count). The van der Waals surface area contributed by atoms with Crippen molar-refractivity contribution in [2.45, 2.75) is 18.9 Å². The summed E-state index contributed by atoms with van der Waals surface area (Å²) in [4.78, 5) is 26.7. The molecule has 1 heterocycles. The van der Waals surface area contributed by atoms with E-state index in [0.717, 1.165) is 38.8 Å². The first kappa shape index (κ1) is 28.6. The standard InChI is InChI=1S/C26H29ClFN3O3.C2H6O/c1-30(2)9-7-20-21(15-33)22(27)4-6-25(20)34-19-12-26(13-19)16-31(17-26)10-8-29-24-11-18(14-32)3-5-23(24)28;1-3-2/h3-7,9,11,14-15,19,29H,8,10,12-13,16-17H2,1-2H3;1-2H3/b9-7-;. The third-order valence-electron chi connectivity index (χ3n) is 6.45. The minimum absolute atomic E-state index is 0.104. The van der Waals surface area contributed by atoms with Crippen LogP contribution in [0.4, 0.5) is 10.1 Å². The lowest BCUT2D eigenvalue weighted by Gasteiger charge is -2.58. The van der Waals surface area contributed by atoms with E-state index in [9.17, 15) is 14.0 Å². The quantitative estimate of drug-likeness (QED) is 0.439. The maximum atomic E-state index is 13.9. The van der Waals surface area contributed by atoms with E-state index in [1.165, 1.54) is 18.2 Å². The Labute approximate surface area is 223 Å². The van der Waals surface area contributed by atoms with Crippen molar-refractivity contribution in [2.24, 2.45) is 5.41 Å². The Morgan fingerprint density at radius 1 is 1.14 bits per heavy atom. The Bertz CT molecular complexity index is 1110. The van der Waals surface area contributed by atoms with Crippen molar-refractivity contribution in [2.75, 3.05) is 59.8 Å². The lowest BCUT2D eigenvalue weighted by atomic mass is 9.61. The molecule has 7 nitrogen and oxygen atoms in total. The molecule has 2 aromatic rings. The van der Waals surface area contributed by atoms with E-state index >= 15 is 0 Å². The molecule has 0 bridgehead atoms. The van der Waals surface area contributed by atoms with E-state index in [0.29, 0.717) is 46.0 Å². The minimum atomic E-state index is -0.357. The van der Waals surface area contributed by atoms with Gasteiger partial charge in [-0.15, -0.1) is 0 Å². The number of halogens is 2. The molecule has 1 aliphatic heterocycles. The van der Waals surface area contributed by atoms with Gasteiger partial charge in [0.1, 0.15) is 17.9 Å². The minimum Gasteiger partial charge on any atom is -0.490 e. The molecule has 200 valence electrons. The lowest BCUT2D eigenvalue weighted by molar-refractivity contribution is -0.117. The third-order valence-corrected chi connectivity index (χ3v) is 6.78. The molecule has 37 heavy (non-hydrogen) atoms. The molecule has 9 heteroatoms. The number of likely N-dealkylation sites (tertiary alicyclic amines) is 1. The number of methoxy groups -OCH3 is 1. The van der Waals surface area contributed by atoms with Crippen LogP contribution >= 0.6 is 11.6 Å². The number of nitrogens with one attached hydrogen (secondary N) is 1. The second kappa shape index (κ2) is 13.0. The van der Waals surface area contributed by atoms with Crippen molar-refractivity contribution in [3.8, 4) is 5.75 Å². The molecule has 0 aromatic heterocycles. The number of hydrogen-bond donors (Lipinski definition) is 1. The van der Waals surface area contributed by atoms with E-state index in [-0.39, 0.29) is 17.3 Å². The summed E-state index contributed by atoms with van der Waals surface area (Å²) >= 11 is 6.22.